The van der Waals surface area contributed by atoms with E-state index >= 15 is 0 Å². The SMILES string of the molecule is Cc1cccc(NC(=O)CC2(O)CCCCC2)c1C(=O)N1CCCC1. The summed E-state index contributed by atoms with van der Waals surface area (Å²) in [4.78, 5) is 27.2. The monoisotopic (exact) mass is 344 g/mol. The molecule has 3 rings (SSSR count). The first kappa shape index (κ1) is 17.9. The molecule has 1 heterocycles. The van der Waals surface area contributed by atoms with E-state index in [1.54, 1.807) is 6.07 Å². The summed E-state index contributed by atoms with van der Waals surface area (Å²) in [5.74, 6) is -0.229. The van der Waals surface area contributed by atoms with Crippen molar-refractivity contribution in [2.45, 2.75) is 63.9 Å². The third kappa shape index (κ3) is 4.21. The first-order chi connectivity index (χ1) is 12.0. The van der Waals surface area contributed by atoms with Gasteiger partial charge in [0.15, 0.2) is 0 Å². The minimum Gasteiger partial charge on any atom is -0.389 e. The summed E-state index contributed by atoms with van der Waals surface area (Å²) in [7, 11) is 0. The van der Waals surface area contributed by atoms with Crippen LogP contribution in [-0.4, -0.2) is 40.5 Å². The van der Waals surface area contributed by atoms with Crippen LogP contribution in [0, 0.1) is 6.92 Å². The van der Waals surface area contributed by atoms with Crippen molar-refractivity contribution in [3.05, 3.63) is 29.3 Å². The van der Waals surface area contributed by atoms with Gasteiger partial charge in [-0.2, -0.15) is 0 Å². The molecule has 1 saturated carbocycles. The third-order valence-electron chi connectivity index (χ3n) is 5.43. The number of rotatable bonds is 4. The highest BCUT2D eigenvalue weighted by Crippen LogP contribution is 2.31. The molecule has 5 nitrogen and oxygen atoms in total. The number of hydrogen-bond donors (Lipinski definition) is 2. The second kappa shape index (κ2) is 7.56. The fraction of sp³-hybridized carbons (Fsp3) is 0.600. The first-order valence-corrected chi connectivity index (χ1v) is 9.40. The molecular formula is C20H28N2O3. The number of aryl methyl sites for hydroxylation is 1. The average Bonchev–Trinajstić information content (AvgIpc) is 3.09. The Bertz CT molecular complexity index is 644. The highest BCUT2D eigenvalue weighted by molar-refractivity contribution is 6.05. The van der Waals surface area contributed by atoms with E-state index in [1.807, 2.05) is 24.0 Å². The molecule has 25 heavy (non-hydrogen) atoms. The van der Waals surface area contributed by atoms with Gasteiger partial charge < -0.3 is 15.3 Å². The van der Waals surface area contributed by atoms with Crippen LogP contribution < -0.4 is 5.32 Å². The maximum atomic E-state index is 12.8. The molecule has 2 amide bonds. The van der Waals surface area contributed by atoms with Crippen LogP contribution in [0.2, 0.25) is 0 Å². The molecule has 1 aliphatic heterocycles. The lowest BCUT2D eigenvalue weighted by Crippen LogP contribution is -2.36. The molecule has 0 aromatic heterocycles. The molecule has 2 N–H and O–H groups in total. The first-order valence-electron chi connectivity index (χ1n) is 9.40. The number of likely N-dealkylation sites (tertiary alicyclic amines) is 1. The molecule has 0 bridgehead atoms. The Labute approximate surface area is 149 Å². The zero-order valence-corrected chi connectivity index (χ0v) is 15.0. The van der Waals surface area contributed by atoms with E-state index in [-0.39, 0.29) is 18.2 Å². The number of amides is 2. The van der Waals surface area contributed by atoms with Crippen molar-refractivity contribution in [1.29, 1.82) is 0 Å². The van der Waals surface area contributed by atoms with Crippen LogP contribution in [-0.2, 0) is 4.79 Å². The minimum atomic E-state index is -0.898. The summed E-state index contributed by atoms with van der Waals surface area (Å²) in [6.45, 7) is 3.45. The number of nitrogens with one attached hydrogen (secondary N) is 1. The number of carbonyl (C=O) groups is 2. The van der Waals surface area contributed by atoms with Crippen molar-refractivity contribution in [2.24, 2.45) is 0 Å². The van der Waals surface area contributed by atoms with Gasteiger partial charge in [-0.1, -0.05) is 31.4 Å². The molecule has 0 spiro atoms. The largest absolute Gasteiger partial charge is 0.389 e. The van der Waals surface area contributed by atoms with Gasteiger partial charge in [0.05, 0.1) is 23.3 Å². The normalized spacial score (nSPS) is 19.7. The maximum absolute atomic E-state index is 12.8. The van der Waals surface area contributed by atoms with Crippen molar-refractivity contribution in [3.63, 3.8) is 0 Å². The third-order valence-corrected chi connectivity index (χ3v) is 5.43. The lowest BCUT2D eigenvalue weighted by atomic mass is 9.82. The highest BCUT2D eigenvalue weighted by atomic mass is 16.3. The standard InChI is InChI=1S/C20H28N2O3/c1-15-8-7-9-16(18(15)19(24)22-12-5-6-13-22)21-17(23)14-20(25)10-3-2-4-11-20/h7-9,25H,2-6,10-14H2,1H3,(H,21,23). The van der Waals surface area contributed by atoms with Gasteiger partial charge in [-0.25, -0.2) is 0 Å². The molecule has 136 valence electrons. The maximum Gasteiger partial charge on any atom is 0.256 e. The van der Waals surface area contributed by atoms with Crippen LogP contribution in [0.4, 0.5) is 5.69 Å². The molecule has 2 fully saturated rings. The van der Waals surface area contributed by atoms with Crippen molar-refractivity contribution in [3.8, 4) is 0 Å². The molecule has 0 radical (unpaired) electrons. The summed E-state index contributed by atoms with van der Waals surface area (Å²) in [5, 5.41) is 13.5. The number of nitrogens with zero attached hydrogens (tertiary/aromatic N) is 1. The Kier molecular flexibility index (Phi) is 5.42. The van der Waals surface area contributed by atoms with Crippen LogP contribution in [0.1, 0.15) is 67.3 Å². The van der Waals surface area contributed by atoms with Crippen molar-refractivity contribution in [1.82, 2.24) is 4.90 Å². The van der Waals surface area contributed by atoms with Gasteiger partial charge in [0, 0.05) is 13.1 Å². The Morgan fingerprint density at radius 3 is 2.48 bits per heavy atom. The summed E-state index contributed by atoms with van der Waals surface area (Å²) >= 11 is 0. The van der Waals surface area contributed by atoms with Crippen molar-refractivity contribution in [2.75, 3.05) is 18.4 Å². The topological polar surface area (TPSA) is 69.6 Å². The average molecular weight is 344 g/mol. The van der Waals surface area contributed by atoms with Crippen molar-refractivity contribution < 1.29 is 14.7 Å². The van der Waals surface area contributed by atoms with E-state index in [2.05, 4.69) is 5.32 Å². The fourth-order valence-electron chi connectivity index (χ4n) is 4.01. The fourth-order valence-corrected chi connectivity index (χ4v) is 4.01. The van der Waals surface area contributed by atoms with Crippen LogP contribution in [0.25, 0.3) is 0 Å². The highest BCUT2D eigenvalue weighted by Gasteiger charge is 2.32. The number of carbonyl (C=O) groups excluding carboxylic acids is 2. The zero-order valence-electron chi connectivity index (χ0n) is 15.0. The second-order valence-corrected chi connectivity index (χ2v) is 7.51. The smallest absolute Gasteiger partial charge is 0.256 e. The number of benzene rings is 1. The second-order valence-electron chi connectivity index (χ2n) is 7.51. The summed E-state index contributed by atoms with van der Waals surface area (Å²) in [6.07, 6.45) is 6.56. The molecule has 1 aromatic carbocycles. The molecule has 5 heteroatoms. The zero-order chi connectivity index (χ0) is 17.9. The van der Waals surface area contributed by atoms with Gasteiger partial charge in [-0.3, -0.25) is 9.59 Å². The number of aliphatic hydroxyl groups is 1. The minimum absolute atomic E-state index is 0.0118. The summed E-state index contributed by atoms with van der Waals surface area (Å²) < 4.78 is 0. The molecule has 1 aromatic rings. The molecule has 0 atom stereocenters. The van der Waals surface area contributed by atoms with Crippen LogP contribution >= 0.6 is 0 Å². The molecule has 0 unspecified atom stereocenters. The molecule has 2 aliphatic rings. The number of anilines is 1. The van der Waals surface area contributed by atoms with E-state index in [0.29, 0.717) is 24.1 Å². The van der Waals surface area contributed by atoms with Gasteiger partial charge in [-0.15, -0.1) is 0 Å². The van der Waals surface area contributed by atoms with E-state index in [4.69, 9.17) is 0 Å². The van der Waals surface area contributed by atoms with Crippen molar-refractivity contribution >= 4 is 17.5 Å². The van der Waals surface area contributed by atoms with Gasteiger partial charge >= 0.3 is 0 Å². The van der Waals surface area contributed by atoms with E-state index in [9.17, 15) is 14.7 Å². The van der Waals surface area contributed by atoms with Gasteiger partial charge in [0.25, 0.3) is 5.91 Å². The lowest BCUT2D eigenvalue weighted by Gasteiger charge is -2.31. The predicted octanol–water partition coefficient (Wildman–Crippen LogP) is 3.25. The summed E-state index contributed by atoms with van der Waals surface area (Å²) in [5.41, 5.74) is 1.10. The Balaban J connectivity index is 1.74. The van der Waals surface area contributed by atoms with E-state index in [0.717, 1.165) is 50.8 Å². The predicted molar refractivity (Wildman–Crippen MR) is 97.6 cm³/mol. The van der Waals surface area contributed by atoms with E-state index in [1.165, 1.54) is 0 Å². The van der Waals surface area contributed by atoms with Gasteiger partial charge in [0.2, 0.25) is 5.91 Å². The van der Waals surface area contributed by atoms with Crippen LogP contribution in [0.3, 0.4) is 0 Å². The van der Waals surface area contributed by atoms with Crippen LogP contribution in [0.5, 0.6) is 0 Å². The summed E-state index contributed by atoms with van der Waals surface area (Å²) in [6, 6.07) is 5.52. The van der Waals surface area contributed by atoms with Gasteiger partial charge in [0.1, 0.15) is 0 Å². The van der Waals surface area contributed by atoms with Crippen LogP contribution in [0.15, 0.2) is 18.2 Å². The van der Waals surface area contributed by atoms with E-state index < -0.39 is 5.60 Å². The Morgan fingerprint density at radius 2 is 1.80 bits per heavy atom. The molecular weight excluding hydrogens is 316 g/mol. The number of hydrogen-bond acceptors (Lipinski definition) is 3. The quantitative estimate of drug-likeness (QED) is 0.881. The van der Waals surface area contributed by atoms with Gasteiger partial charge in [-0.05, 0) is 44.2 Å². The Hall–Kier alpha value is -1.88. The lowest BCUT2D eigenvalue weighted by molar-refractivity contribution is -0.122. The molecule has 1 aliphatic carbocycles. The molecule has 1 saturated heterocycles. The Morgan fingerprint density at radius 1 is 1.12 bits per heavy atom.